The number of carbonyl (C=O) groups excluding carboxylic acids is 1. The van der Waals surface area contributed by atoms with Gasteiger partial charge in [-0.2, -0.15) is 5.10 Å². The van der Waals surface area contributed by atoms with Gasteiger partial charge in [0, 0.05) is 13.1 Å². The van der Waals surface area contributed by atoms with Gasteiger partial charge in [-0.25, -0.2) is 4.79 Å². The maximum atomic E-state index is 11.9. The third-order valence-corrected chi connectivity index (χ3v) is 2.36. The second-order valence-corrected chi connectivity index (χ2v) is 4.91. The summed E-state index contributed by atoms with van der Waals surface area (Å²) in [6.45, 7) is 7.95. The largest absolute Gasteiger partial charge is 0.456 e. The van der Waals surface area contributed by atoms with Crippen LogP contribution in [0.15, 0.2) is 6.20 Å². The van der Waals surface area contributed by atoms with E-state index in [4.69, 9.17) is 4.74 Å². The predicted octanol–water partition coefficient (Wildman–Crippen LogP) is 0.942. The molecular formula is C11H17N3O2. The van der Waals surface area contributed by atoms with Crippen LogP contribution < -0.4 is 5.32 Å². The average molecular weight is 223 g/mol. The second kappa shape index (κ2) is 3.90. The number of esters is 1. The van der Waals surface area contributed by atoms with Crippen molar-refractivity contribution < 1.29 is 9.53 Å². The summed E-state index contributed by atoms with van der Waals surface area (Å²) in [4.78, 5) is 11.9. The molecule has 1 aromatic heterocycles. The van der Waals surface area contributed by atoms with Gasteiger partial charge in [-0.05, 0) is 20.8 Å². The van der Waals surface area contributed by atoms with Crippen molar-refractivity contribution in [1.29, 1.82) is 0 Å². The second-order valence-electron chi connectivity index (χ2n) is 4.91. The van der Waals surface area contributed by atoms with Crippen LogP contribution in [0.5, 0.6) is 0 Å². The summed E-state index contributed by atoms with van der Waals surface area (Å²) >= 11 is 0. The molecular weight excluding hydrogens is 206 g/mol. The molecule has 0 aromatic carbocycles. The maximum absolute atomic E-state index is 11.9. The highest BCUT2D eigenvalue weighted by atomic mass is 16.6. The Hall–Kier alpha value is -1.36. The van der Waals surface area contributed by atoms with Crippen molar-refractivity contribution in [2.24, 2.45) is 0 Å². The third-order valence-electron chi connectivity index (χ3n) is 2.36. The fourth-order valence-electron chi connectivity index (χ4n) is 1.69. The first-order chi connectivity index (χ1) is 7.47. The van der Waals surface area contributed by atoms with Gasteiger partial charge in [-0.1, -0.05) is 0 Å². The standard InChI is InChI=1S/C11H17N3O2/c1-11(2,3)16-10(15)8-6-13-14-5-4-12-7-9(8)14/h6,12H,4-5,7H2,1-3H3. The van der Waals surface area contributed by atoms with Gasteiger partial charge in [0.15, 0.2) is 0 Å². The molecule has 0 unspecified atom stereocenters. The van der Waals surface area contributed by atoms with Gasteiger partial charge in [0.05, 0.1) is 18.4 Å². The van der Waals surface area contributed by atoms with Crippen LogP contribution >= 0.6 is 0 Å². The van der Waals surface area contributed by atoms with E-state index in [1.54, 1.807) is 6.20 Å². The quantitative estimate of drug-likeness (QED) is 0.720. The number of nitrogens with one attached hydrogen (secondary N) is 1. The fourth-order valence-corrected chi connectivity index (χ4v) is 1.69. The lowest BCUT2D eigenvalue weighted by atomic mass is 10.1. The van der Waals surface area contributed by atoms with Crippen molar-refractivity contribution in [3.63, 3.8) is 0 Å². The molecule has 0 spiro atoms. The molecule has 2 rings (SSSR count). The predicted molar refractivity (Wildman–Crippen MR) is 59.1 cm³/mol. The smallest absolute Gasteiger partial charge is 0.342 e. The molecule has 0 saturated carbocycles. The summed E-state index contributed by atoms with van der Waals surface area (Å²) in [7, 11) is 0. The molecule has 88 valence electrons. The molecule has 1 aliphatic heterocycles. The maximum Gasteiger partial charge on any atom is 0.342 e. The van der Waals surface area contributed by atoms with Gasteiger partial charge in [-0.3, -0.25) is 4.68 Å². The SMILES string of the molecule is CC(C)(C)OC(=O)c1cnn2c1CNCC2. The Morgan fingerprint density at radius 3 is 3.00 bits per heavy atom. The minimum Gasteiger partial charge on any atom is -0.456 e. The number of ether oxygens (including phenoxy) is 1. The summed E-state index contributed by atoms with van der Waals surface area (Å²) in [5.41, 5.74) is 1.02. The molecule has 0 aliphatic carbocycles. The van der Waals surface area contributed by atoms with Gasteiger partial charge in [0.25, 0.3) is 0 Å². The van der Waals surface area contributed by atoms with Gasteiger partial charge in [0.1, 0.15) is 11.2 Å². The Morgan fingerprint density at radius 2 is 2.31 bits per heavy atom. The average Bonchev–Trinajstić information content (AvgIpc) is 2.58. The minimum atomic E-state index is -0.464. The normalized spacial score (nSPS) is 15.7. The number of fused-ring (bicyclic) bond motifs is 1. The highest BCUT2D eigenvalue weighted by molar-refractivity contribution is 5.90. The van der Waals surface area contributed by atoms with Crippen molar-refractivity contribution in [3.8, 4) is 0 Å². The lowest BCUT2D eigenvalue weighted by Crippen LogP contribution is -2.30. The minimum absolute atomic E-state index is 0.294. The topological polar surface area (TPSA) is 56.1 Å². The van der Waals surface area contributed by atoms with Crippen LogP contribution in [0.4, 0.5) is 0 Å². The van der Waals surface area contributed by atoms with Crippen molar-refractivity contribution >= 4 is 5.97 Å². The van der Waals surface area contributed by atoms with Crippen molar-refractivity contribution in [1.82, 2.24) is 15.1 Å². The van der Waals surface area contributed by atoms with E-state index in [2.05, 4.69) is 10.4 Å². The van der Waals surface area contributed by atoms with Crippen LogP contribution in [-0.2, 0) is 17.8 Å². The molecule has 0 atom stereocenters. The third kappa shape index (κ3) is 2.24. The zero-order valence-electron chi connectivity index (χ0n) is 9.91. The number of rotatable bonds is 1. The lowest BCUT2D eigenvalue weighted by molar-refractivity contribution is 0.00678. The molecule has 5 nitrogen and oxygen atoms in total. The molecule has 1 aliphatic rings. The van der Waals surface area contributed by atoms with Crippen LogP contribution in [0.3, 0.4) is 0 Å². The summed E-state index contributed by atoms with van der Waals surface area (Å²) in [6.07, 6.45) is 1.59. The molecule has 16 heavy (non-hydrogen) atoms. The molecule has 1 aromatic rings. The number of carbonyl (C=O) groups is 1. The van der Waals surface area contributed by atoms with E-state index in [0.29, 0.717) is 12.1 Å². The fraction of sp³-hybridized carbons (Fsp3) is 0.636. The van der Waals surface area contributed by atoms with Crippen LogP contribution in [0.2, 0.25) is 0 Å². The highest BCUT2D eigenvalue weighted by Crippen LogP contribution is 2.16. The van der Waals surface area contributed by atoms with Crippen LogP contribution in [0.25, 0.3) is 0 Å². The first-order valence-corrected chi connectivity index (χ1v) is 5.46. The van der Waals surface area contributed by atoms with E-state index >= 15 is 0 Å². The van der Waals surface area contributed by atoms with E-state index in [-0.39, 0.29) is 5.97 Å². The molecule has 1 N–H and O–H groups in total. The highest BCUT2D eigenvalue weighted by Gasteiger charge is 2.24. The van der Waals surface area contributed by atoms with Crippen LogP contribution in [0, 0.1) is 0 Å². The van der Waals surface area contributed by atoms with Crippen LogP contribution in [-0.4, -0.2) is 27.9 Å². The van der Waals surface area contributed by atoms with Crippen molar-refractivity contribution in [2.75, 3.05) is 6.54 Å². The summed E-state index contributed by atoms with van der Waals surface area (Å²) in [5.74, 6) is -0.294. The first kappa shape index (κ1) is 11.1. The first-order valence-electron chi connectivity index (χ1n) is 5.46. The van der Waals surface area contributed by atoms with Gasteiger partial charge >= 0.3 is 5.97 Å². The zero-order chi connectivity index (χ0) is 11.8. The molecule has 0 saturated heterocycles. The zero-order valence-corrected chi connectivity index (χ0v) is 9.91. The van der Waals surface area contributed by atoms with Gasteiger partial charge < -0.3 is 10.1 Å². The Labute approximate surface area is 94.8 Å². The van der Waals surface area contributed by atoms with E-state index in [0.717, 1.165) is 18.8 Å². The van der Waals surface area contributed by atoms with E-state index in [1.165, 1.54) is 0 Å². The van der Waals surface area contributed by atoms with E-state index in [1.807, 2.05) is 25.5 Å². The number of aromatic nitrogens is 2. The number of hydrogen-bond acceptors (Lipinski definition) is 4. The molecule has 0 fully saturated rings. The van der Waals surface area contributed by atoms with E-state index < -0.39 is 5.60 Å². The Bertz CT molecular complexity index is 404. The number of hydrogen-bond donors (Lipinski definition) is 1. The Kier molecular flexibility index (Phi) is 2.71. The monoisotopic (exact) mass is 223 g/mol. The Morgan fingerprint density at radius 1 is 1.56 bits per heavy atom. The summed E-state index contributed by atoms with van der Waals surface area (Å²) in [5, 5.41) is 7.40. The molecule has 5 heteroatoms. The van der Waals surface area contributed by atoms with Crippen LogP contribution in [0.1, 0.15) is 36.8 Å². The Balaban J connectivity index is 2.21. The molecule has 0 radical (unpaired) electrons. The molecule has 0 amide bonds. The molecule has 0 bridgehead atoms. The van der Waals surface area contributed by atoms with Crippen molar-refractivity contribution in [2.45, 2.75) is 39.5 Å². The summed E-state index contributed by atoms with van der Waals surface area (Å²) in [6, 6.07) is 0. The molecule has 2 heterocycles. The summed E-state index contributed by atoms with van der Waals surface area (Å²) < 4.78 is 7.19. The van der Waals surface area contributed by atoms with Gasteiger partial charge in [-0.15, -0.1) is 0 Å². The van der Waals surface area contributed by atoms with Crippen molar-refractivity contribution in [3.05, 3.63) is 17.5 Å². The lowest BCUT2D eigenvalue weighted by Gasteiger charge is -2.20. The number of nitrogens with zero attached hydrogens (tertiary/aromatic N) is 2. The van der Waals surface area contributed by atoms with Gasteiger partial charge in [0.2, 0.25) is 0 Å². The van der Waals surface area contributed by atoms with E-state index in [9.17, 15) is 4.79 Å².